The molecule has 0 aromatic carbocycles. The predicted molar refractivity (Wildman–Crippen MR) is 85.1 cm³/mol. The molecule has 0 spiro atoms. The average molecular weight is 282 g/mol. The molecule has 3 heteroatoms. The molecule has 118 valence electrons. The number of hydrogen-bond acceptors (Lipinski definition) is 3. The molecule has 2 fully saturated rings. The summed E-state index contributed by atoms with van der Waals surface area (Å²) in [5.74, 6) is 0. The second-order valence-corrected chi connectivity index (χ2v) is 8.60. The van der Waals surface area contributed by atoms with E-state index in [0.717, 1.165) is 19.8 Å². The van der Waals surface area contributed by atoms with Crippen LogP contribution in [0, 0.1) is 5.41 Å². The van der Waals surface area contributed by atoms with Gasteiger partial charge >= 0.3 is 0 Å². The molecule has 2 aliphatic heterocycles. The number of likely N-dealkylation sites (tertiary alicyclic amines) is 1. The third kappa shape index (κ3) is 4.19. The second kappa shape index (κ2) is 5.94. The largest absolute Gasteiger partial charge is 0.381 e. The van der Waals surface area contributed by atoms with Crippen LogP contribution in [0.4, 0.5) is 0 Å². The molecule has 2 rings (SSSR count). The third-order valence-corrected chi connectivity index (χ3v) is 5.00. The summed E-state index contributed by atoms with van der Waals surface area (Å²) < 4.78 is 5.86. The molecule has 0 aromatic rings. The first-order chi connectivity index (χ1) is 9.23. The van der Waals surface area contributed by atoms with Crippen LogP contribution in [0.2, 0.25) is 0 Å². The van der Waals surface area contributed by atoms with Crippen molar-refractivity contribution in [3.63, 3.8) is 0 Å². The Morgan fingerprint density at radius 3 is 2.40 bits per heavy atom. The van der Waals surface area contributed by atoms with Crippen LogP contribution in [-0.2, 0) is 4.74 Å². The molecule has 2 heterocycles. The zero-order valence-corrected chi connectivity index (χ0v) is 14.2. The topological polar surface area (TPSA) is 24.5 Å². The summed E-state index contributed by atoms with van der Waals surface area (Å²) in [6, 6.07) is 0. The molecule has 0 radical (unpaired) electrons. The van der Waals surface area contributed by atoms with Crippen molar-refractivity contribution in [2.45, 2.75) is 71.4 Å². The van der Waals surface area contributed by atoms with Gasteiger partial charge in [0.15, 0.2) is 0 Å². The molecule has 0 aliphatic carbocycles. The maximum atomic E-state index is 5.86. The predicted octanol–water partition coefficient (Wildman–Crippen LogP) is 3.05. The van der Waals surface area contributed by atoms with Crippen molar-refractivity contribution in [1.29, 1.82) is 0 Å². The van der Waals surface area contributed by atoms with E-state index in [1.54, 1.807) is 0 Å². The molecule has 2 aliphatic rings. The highest BCUT2D eigenvalue weighted by molar-refractivity contribution is 4.95. The van der Waals surface area contributed by atoms with Gasteiger partial charge in [0.2, 0.25) is 0 Å². The van der Waals surface area contributed by atoms with Crippen LogP contribution in [0.25, 0.3) is 0 Å². The van der Waals surface area contributed by atoms with Gasteiger partial charge in [-0.05, 0) is 66.8 Å². The normalized spacial score (nSPS) is 31.6. The van der Waals surface area contributed by atoms with Crippen LogP contribution in [0.1, 0.15) is 60.3 Å². The quantitative estimate of drug-likeness (QED) is 0.858. The summed E-state index contributed by atoms with van der Waals surface area (Å²) >= 11 is 0. The van der Waals surface area contributed by atoms with Crippen LogP contribution in [-0.4, -0.2) is 48.8 Å². The highest BCUT2D eigenvalue weighted by Gasteiger charge is 2.41. The van der Waals surface area contributed by atoms with Crippen molar-refractivity contribution >= 4 is 0 Å². The van der Waals surface area contributed by atoms with Gasteiger partial charge in [-0.3, -0.25) is 4.90 Å². The Balaban J connectivity index is 2.03. The van der Waals surface area contributed by atoms with E-state index in [4.69, 9.17) is 4.74 Å². The van der Waals surface area contributed by atoms with Crippen molar-refractivity contribution in [3.8, 4) is 0 Å². The van der Waals surface area contributed by atoms with E-state index in [-0.39, 0.29) is 5.54 Å². The maximum absolute atomic E-state index is 5.86. The molecule has 0 aromatic heterocycles. The Hall–Kier alpha value is -0.120. The Bertz CT molecular complexity index is 313. The van der Waals surface area contributed by atoms with Crippen molar-refractivity contribution < 1.29 is 4.74 Å². The number of rotatable bonds is 4. The molecule has 3 nitrogen and oxygen atoms in total. The average Bonchev–Trinajstić information content (AvgIpc) is 2.67. The van der Waals surface area contributed by atoms with Crippen molar-refractivity contribution in [1.82, 2.24) is 10.2 Å². The van der Waals surface area contributed by atoms with Crippen LogP contribution in [0.15, 0.2) is 0 Å². The van der Waals surface area contributed by atoms with Gasteiger partial charge in [0.05, 0.1) is 6.61 Å². The van der Waals surface area contributed by atoms with E-state index >= 15 is 0 Å². The Kier molecular flexibility index (Phi) is 4.83. The molecule has 0 amide bonds. The highest BCUT2D eigenvalue weighted by atomic mass is 16.5. The summed E-state index contributed by atoms with van der Waals surface area (Å²) in [5.41, 5.74) is 0.851. The standard InChI is InChI=1S/C17H34N2O/c1-15(2,3)18-12-17(9-7-11-20-14-17)13-19-10-6-8-16(19,4)5/h18H,6-14H2,1-5H3. The van der Waals surface area contributed by atoms with E-state index in [2.05, 4.69) is 44.8 Å². The lowest BCUT2D eigenvalue weighted by atomic mass is 9.80. The Labute approximate surface area is 125 Å². The van der Waals surface area contributed by atoms with Crippen molar-refractivity contribution in [2.24, 2.45) is 5.41 Å². The first-order valence-corrected chi connectivity index (χ1v) is 8.30. The first kappa shape index (κ1) is 16.3. The molecule has 2 saturated heterocycles. The number of hydrogen-bond donors (Lipinski definition) is 1. The number of nitrogens with zero attached hydrogens (tertiary/aromatic N) is 1. The monoisotopic (exact) mass is 282 g/mol. The van der Waals surface area contributed by atoms with Gasteiger partial charge in [-0.25, -0.2) is 0 Å². The SMILES string of the molecule is CC(C)(C)NCC1(CN2CCCC2(C)C)CCCOC1. The minimum atomic E-state index is 0.185. The van der Waals surface area contributed by atoms with Crippen molar-refractivity contribution in [3.05, 3.63) is 0 Å². The van der Waals surface area contributed by atoms with Gasteiger partial charge in [0.25, 0.3) is 0 Å². The molecule has 20 heavy (non-hydrogen) atoms. The molecule has 1 atom stereocenters. The van der Waals surface area contributed by atoms with Gasteiger partial charge in [0.1, 0.15) is 0 Å². The van der Waals surface area contributed by atoms with E-state index in [9.17, 15) is 0 Å². The van der Waals surface area contributed by atoms with Gasteiger partial charge in [-0.15, -0.1) is 0 Å². The van der Waals surface area contributed by atoms with E-state index in [1.165, 1.54) is 38.8 Å². The first-order valence-electron chi connectivity index (χ1n) is 8.30. The smallest absolute Gasteiger partial charge is 0.0546 e. The van der Waals surface area contributed by atoms with E-state index in [0.29, 0.717) is 11.0 Å². The van der Waals surface area contributed by atoms with Gasteiger partial charge in [0, 0.05) is 36.2 Å². The summed E-state index contributed by atoms with van der Waals surface area (Å²) in [6.07, 6.45) is 5.18. The molecule has 0 bridgehead atoms. The zero-order valence-electron chi connectivity index (χ0n) is 14.2. The summed E-state index contributed by atoms with van der Waals surface area (Å²) in [5, 5.41) is 3.73. The molecule has 1 unspecified atom stereocenters. The molecule has 0 saturated carbocycles. The molecule has 1 N–H and O–H groups in total. The third-order valence-electron chi connectivity index (χ3n) is 5.00. The fourth-order valence-corrected chi connectivity index (χ4v) is 3.54. The van der Waals surface area contributed by atoms with E-state index < -0.39 is 0 Å². The minimum Gasteiger partial charge on any atom is -0.381 e. The molecular formula is C17H34N2O. The zero-order chi connectivity index (χ0) is 14.9. The Morgan fingerprint density at radius 1 is 1.15 bits per heavy atom. The number of nitrogens with one attached hydrogen (secondary N) is 1. The fraction of sp³-hybridized carbons (Fsp3) is 1.00. The second-order valence-electron chi connectivity index (χ2n) is 8.60. The summed E-state index contributed by atoms with van der Waals surface area (Å²) in [4.78, 5) is 2.70. The Morgan fingerprint density at radius 2 is 1.90 bits per heavy atom. The van der Waals surface area contributed by atoms with Crippen LogP contribution in [0.5, 0.6) is 0 Å². The van der Waals surface area contributed by atoms with Crippen molar-refractivity contribution in [2.75, 3.05) is 32.8 Å². The van der Waals surface area contributed by atoms with Gasteiger partial charge < -0.3 is 10.1 Å². The van der Waals surface area contributed by atoms with Crippen LogP contribution < -0.4 is 5.32 Å². The van der Waals surface area contributed by atoms with Gasteiger partial charge in [-0.1, -0.05) is 0 Å². The lowest BCUT2D eigenvalue weighted by Crippen LogP contribution is -2.54. The summed E-state index contributed by atoms with van der Waals surface area (Å²) in [6.45, 7) is 16.9. The van der Waals surface area contributed by atoms with E-state index in [1.807, 2.05) is 0 Å². The highest BCUT2D eigenvalue weighted by Crippen LogP contribution is 2.36. The lowest BCUT2D eigenvalue weighted by molar-refractivity contribution is -0.0377. The number of ether oxygens (including phenoxy) is 1. The minimum absolute atomic E-state index is 0.185. The molecular weight excluding hydrogens is 248 g/mol. The van der Waals surface area contributed by atoms with Gasteiger partial charge in [-0.2, -0.15) is 0 Å². The van der Waals surface area contributed by atoms with Crippen LogP contribution in [0.3, 0.4) is 0 Å². The maximum Gasteiger partial charge on any atom is 0.0546 e. The summed E-state index contributed by atoms with van der Waals surface area (Å²) in [7, 11) is 0. The van der Waals surface area contributed by atoms with Crippen LogP contribution >= 0.6 is 0 Å². The lowest BCUT2D eigenvalue weighted by Gasteiger charge is -2.45. The fourth-order valence-electron chi connectivity index (χ4n) is 3.54.